The van der Waals surface area contributed by atoms with Crippen molar-refractivity contribution in [1.29, 1.82) is 5.26 Å². The Kier molecular flexibility index (Phi) is 3.80. The van der Waals surface area contributed by atoms with E-state index in [1.165, 1.54) is 11.1 Å². The van der Waals surface area contributed by atoms with Gasteiger partial charge in [-0.25, -0.2) is 0 Å². The zero-order valence-electron chi connectivity index (χ0n) is 11.7. The van der Waals surface area contributed by atoms with Crippen LogP contribution < -0.4 is 0 Å². The van der Waals surface area contributed by atoms with Crippen LogP contribution in [0.25, 0.3) is 22.3 Å². The van der Waals surface area contributed by atoms with Gasteiger partial charge in [0.25, 0.3) is 0 Å². The number of hydrogen-bond donors (Lipinski definition) is 0. The molecule has 0 unspecified atom stereocenters. The molecule has 0 saturated heterocycles. The van der Waals surface area contributed by atoms with Crippen LogP contribution in [0.4, 0.5) is 0 Å². The fraction of sp³-hybridized carbons (Fsp3) is 0.0500. The van der Waals surface area contributed by atoms with Gasteiger partial charge in [-0.3, -0.25) is 0 Å². The summed E-state index contributed by atoms with van der Waals surface area (Å²) in [7, 11) is 0. The lowest BCUT2D eigenvalue weighted by molar-refractivity contribution is 1.26. The van der Waals surface area contributed by atoms with Crippen molar-refractivity contribution >= 4 is 0 Å². The Balaban J connectivity index is 1.97. The van der Waals surface area contributed by atoms with E-state index in [1.807, 2.05) is 36.4 Å². The van der Waals surface area contributed by atoms with E-state index in [9.17, 15) is 0 Å². The molecule has 0 heterocycles. The van der Waals surface area contributed by atoms with E-state index in [4.69, 9.17) is 5.26 Å². The van der Waals surface area contributed by atoms with Crippen LogP contribution in [0.1, 0.15) is 5.56 Å². The summed E-state index contributed by atoms with van der Waals surface area (Å²) in [5.74, 6) is 0. The smallest absolute Gasteiger partial charge is 0.0669 e. The highest BCUT2D eigenvalue weighted by molar-refractivity contribution is 5.72. The third kappa shape index (κ3) is 2.85. The topological polar surface area (TPSA) is 23.8 Å². The maximum atomic E-state index is 8.93. The van der Waals surface area contributed by atoms with Crippen molar-refractivity contribution in [3.05, 3.63) is 84.4 Å². The van der Waals surface area contributed by atoms with Crippen LogP contribution in [-0.2, 0) is 6.42 Å². The van der Waals surface area contributed by atoms with E-state index < -0.39 is 0 Å². The third-order valence-electron chi connectivity index (χ3n) is 3.59. The molecule has 0 bridgehead atoms. The molecule has 0 fully saturated rings. The zero-order valence-corrected chi connectivity index (χ0v) is 11.7. The highest BCUT2D eigenvalue weighted by Crippen LogP contribution is 2.27. The lowest BCUT2D eigenvalue weighted by Gasteiger charge is -2.08. The van der Waals surface area contributed by atoms with Crippen LogP contribution in [0, 0.1) is 11.3 Å². The van der Waals surface area contributed by atoms with E-state index in [0.29, 0.717) is 6.42 Å². The lowest BCUT2D eigenvalue weighted by atomic mass is 9.96. The zero-order chi connectivity index (χ0) is 14.5. The molecule has 0 N–H and O–H groups in total. The monoisotopic (exact) mass is 269 g/mol. The van der Waals surface area contributed by atoms with E-state index in [-0.39, 0.29) is 0 Å². The lowest BCUT2D eigenvalue weighted by Crippen LogP contribution is -1.88. The normalized spacial score (nSPS) is 10.0. The predicted molar refractivity (Wildman–Crippen MR) is 86.6 cm³/mol. The standard InChI is InChI=1S/C20H15N/c21-15-14-18-8-4-5-9-20(18)19-12-10-17(11-13-19)16-6-2-1-3-7-16/h1-13H,14H2. The highest BCUT2D eigenvalue weighted by Gasteiger charge is 2.04. The van der Waals surface area contributed by atoms with E-state index in [1.54, 1.807) is 0 Å². The minimum atomic E-state index is 0.441. The Labute approximate surface area is 125 Å². The van der Waals surface area contributed by atoms with Crippen molar-refractivity contribution in [2.45, 2.75) is 6.42 Å². The molecule has 1 heteroatoms. The number of hydrogen-bond acceptors (Lipinski definition) is 1. The molecule has 0 aliphatic heterocycles. The molecule has 3 rings (SSSR count). The average Bonchev–Trinajstić information content (AvgIpc) is 2.57. The average molecular weight is 269 g/mol. The molecule has 100 valence electrons. The number of nitrogens with zero attached hydrogens (tertiary/aromatic N) is 1. The Morgan fingerprint density at radius 2 is 1.19 bits per heavy atom. The molecular formula is C20H15N. The minimum Gasteiger partial charge on any atom is -0.198 e. The maximum absolute atomic E-state index is 8.93. The third-order valence-corrected chi connectivity index (χ3v) is 3.59. The second-order valence-electron chi connectivity index (χ2n) is 4.94. The summed E-state index contributed by atoms with van der Waals surface area (Å²) in [6.45, 7) is 0. The van der Waals surface area contributed by atoms with Crippen LogP contribution in [0.2, 0.25) is 0 Å². The van der Waals surface area contributed by atoms with Crippen molar-refractivity contribution < 1.29 is 0 Å². The highest BCUT2D eigenvalue weighted by atomic mass is 14.2. The van der Waals surface area contributed by atoms with Crippen molar-refractivity contribution in [3.8, 4) is 28.3 Å². The van der Waals surface area contributed by atoms with Crippen LogP contribution in [0.15, 0.2) is 78.9 Å². The quantitative estimate of drug-likeness (QED) is 0.650. The van der Waals surface area contributed by atoms with E-state index >= 15 is 0 Å². The first-order chi connectivity index (χ1) is 10.4. The van der Waals surface area contributed by atoms with Gasteiger partial charge in [-0.1, -0.05) is 78.9 Å². The molecule has 0 aliphatic carbocycles. The van der Waals surface area contributed by atoms with Crippen LogP contribution in [0.5, 0.6) is 0 Å². The molecule has 3 aromatic rings. The fourth-order valence-corrected chi connectivity index (χ4v) is 2.51. The molecule has 21 heavy (non-hydrogen) atoms. The van der Waals surface area contributed by atoms with Crippen molar-refractivity contribution in [2.24, 2.45) is 0 Å². The first-order valence-electron chi connectivity index (χ1n) is 6.99. The molecule has 0 saturated carbocycles. The Morgan fingerprint density at radius 3 is 1.90 bits per heavy atom. The molecule has 0 aromatic heterocycles. The van der Waals surface area contributed by atoms with Gasteiger partial charge in [0.05, 0.1) is 12.5 Å². The van der Waals surface area contributed by atoms with Gasteiger partial charge >= 0.3 is 0 Å². The second-order valence-corrected chi connectivity index (χ2v) is 4.94. The molecule has 0 radical (unpaired) electrons. The molecule has 0 atom stereocenters. The molecular weight excluding hydrogens is 254 g/mol. The van der Waals surface area contributed by atoms with Crippen LogP contribution in [-0.4, -0.2) is 0 Å². The van der Waals surface area contributed by atoms with Gasteiger partial charge in [0, 0.05) is 0 Å². The Bertz CT molecular complexity index is 765. The minimum absolute atomic E-state index is 0.441. The van der Waals surface area contributed by atoms with Crippen molar-refractivity contribution in [2.75, 3.05) is 0 Å². The van der Waals surface area contributed by atoms with Crippen LogP contribution in [0.3, 0.4) is 0 Å². The number of nitriles is 1. The summed E-state index contributed by atoms with van der Waals surface area (Å²) >= 11 is 0. The number of benzene rings is 3. The summed E-state index contributed by atoms with van der Waals surface area (Å²) in [5.41, 5.74) is 5.79. The second kappa shape index (κ2) is 6.07. The van der Waals surface area contributed by atoms with Gasteiger partial charge in [0.2, 0.25) is 0 Å². The molecule has 0 amide bonds. The summed E-state index contributed by atoms with van der Waals surface area (Å²) in [6.07, 6.45) is 0.441. The predicted octanol–water partition coefficient (Wildman–Crippen LogP) is 5.09. The van der Waals surface area contributed by atoms with Gasteiger partial charge < -0.3 is 0 Å². The first-order valence-corrected chi connectivity index (χ1v) is 6.99. The maximum Gasteiger partial charge on any atom is 0.0669 e. The largest absolute Gasteiger partial charge is 0.198 e. The van der Waals surface area contributed by atoms with Crippen LogP contribution >= 0.6 is 0 Å². The van der Waals surface area contributed by atoms with Gasteiger partial charge in [-0.05, 0) is 27.8 Å². The summed E-state index contributed by atoms with van der Waals surface area (Å²) in [5, 5.41) is 8.93. The fourth-order valence-electron chi connectivity index (χ4n) is 2.51. The molecule has 0 spiro atoms. The van der Waals surface area contributed by atoms with E-state index in [2.05, 4.69) is 48.5 Å². The summed E-state index contributed by atoms with van der Waals surface area (Å²) in [6, 6.07) is 29.2. The van der Waals surface area contributed by atoms with Gasteiger partial charge in [-0.15, -0.1) is 0 Å². The van der Waals surface area contributed by atoms with Gasteiger partial charge in [0.15, 0.2) is 0 Å². The summed E-state index contributed by atoms with van der Waals surface area (Å²) in [4.78, 5) is 0. The molecule has 0 aliphatic rings. The van der Waals surface area contributed by atoms with Crippen molar-refractivity contribution in [1.82, 2.24) is 0 Å². The molecule has 1 nitrogen and oxygen atoms in total. The first kappa shape index (κ1) is 13.1. The number of rotatable bonds is 3. The van der Waals surface area contributed by atoms with E-state index in [0.717, 1.165) is 16.7 Å². The van der Waals surface area contributed by atoms with Gasteiger partial charge in [-0.2, -0.15) is 5.26 Å². The Hall–Kier alpha value is -2.85. The summed E-state index contributed by atoms with van der Waals surface area (Å²) < 4.78 is 0. The molecule has 3 aromatic carbocycles. The van der Waals surface area contributed by atoms with Gasteiger partial charge in [0.1, 0.15) is 0 Å². The SMILES string of the molecule is N#CCc1ccccc1-c1ccc(-c2ccccc2)cc1. The van der Waals surface area contributed by atoms with Crippen molar-refractivity contribution in [3.63, 3.8) is 0 Å². The Morgan fingerprint density at radius 1 is 0.619 bits per heavy atom.